The molecule has 6 nitrogen and oxygen atoms in total. The van der Waals surface area contributed by atoms with Crippen molar-refractivity contribution in [2.24, 2.45) is 0 Å². The largest absolute Gasteiger partial charge is 0.465 e. The molecule has 4 aromatic rings. The van der Waals surface area contributed by atoms with Gasteiger partial charge in [-0.15, -0.1) is 0 Å². The van der Waals surface area contributed by atoms with Crippen LogP contribution in [0.1, 0.15) is 10.6 Å². The lowest BCUT2D eigenvalue weighted by Crippen LogP contribution is -2.47. The van der Waals surface area contributed by atoms with Gasteiger partial charge in [-0.05, 0) is 30.3 Å². The van der Waals surface area contributed by atoms with Gasteiger partial charge in [0.2, 0.25) is 10.0 Å². The number of alkyl halides is 3. The minimum absolute atomic E-state index is 0.0117. The Morgan fingerprint density at radius 1 is 1.10 bits per heavy atom. The third-order valence-electron chi connectivity index (χ3n) is 4.15. The van der Waals surface area contributed by atoms with Crippen molar-refractivity contribution in [3.05, 3.63) is 75.3 Å². The van der Waals surface area contributed by atoms with Crippen molar-refractivity contribution in [1.82, 2.24) is 5.32 Å². The number of rotatable bonds is 5. The molecule has 11 heteroatoms. The second kappa shape index (κ2) is 8.76. The Morgan fingerprint density at radius 3 is 2.55 bits per heavy atom. The minimum atomic E-state index is -2.04. The van der Waals surface area contributed by atoms with E-state index in [2.05, 4.69) is 5.32 Å². The maximum Gasteiger partial charge on any atom is 0.396 e. The molecule has 0 saturated heterocycles. The average molecular weight is 519 g/mol. The molecule has 0 aliphatic rings. The van der Waals surface area contributed by atoms with E-state index in [1.807, 2.05) is 0 Å². The van der Waals surface area contributed by atoms with Crippen molar-refractivity contribution in [3.63, 3.8) is 0 Å². The third-order valence-corrected chi connectivity index (χ3v) is 5.94. The first kappa shape index (κ1) is 22.0. The van der Waals surface area contributed by atoms with Crippen molar-refractivity contribution >= 4 is 73.9 Å². The molecule has 1 atom stereocenters. The zero-order valence-corrected chi connectivity index (χ0v) is 19.1. The first-order valence-corrected chi connectivity index (χ1v) is 11.0. The Labute approximate surface area is 199 Å². The normalized spacial score (nSPS) is 12.6. The van der Waals surface area contributed by atoms with Gasteiger partial charge in [0, 0.05) is 16.1 Å². The van der Waals surface area contributed by atoms with Gasteiger partial charge in [-0.3, -0.25) is 4.79 Å². The summed E-state index contributed by atoms with van der Waals surface area (Å²) in [6, 6.07) is 13.1. The first-order valence-electron chi connectivity index (χ1n) is 8.63. The van der Waals surface area contributed by atoms with Gasteiger partial charge in [0.25, 0.3) is 5.91 Å². The Bertz CT molecular complexity index is 1290. The standard InChI is InChI=1S/C20H11Cl4NO5S/c21-11-5-2-1-4-10(11)15-12(7-8-13-16(15)31-19(27)30-13)29-18(20(22,23)24)25-17(26)14-6-3-9-28-14/h1-9,18H,(H,25,26)/t18-/m1/s1. The lowest BCUT2D eigenvalue weighted by Gasteiger charge is -2.27. The molecule has 0 unspecified atom stereocenters. The number of ether oxygens (including phenoxy) is 1. The monoisotopic (exact) mass is 517 g/mol. The fourth-order valence-electron chi connectivity index (χ4n) is 2.84. The number of benzene rings is 2. The zero-order chi connectivity index (χ0) is 22.2. The maximum atomic E-state index is 12.4. The smallest absolute Gasteiger partial charge is 0.396 e. The van der Waals surface area contributed by atoms with Crippen LogP contribution in [0.4, 0.5) is 0 Å². The molecule has 0 radical (unpaired) electrons. The van der Waals surface area contributed by atoms with E-state index in [1.54, 1.807) is 42.5 Å². The summed E-state index contributed by atoms with van der Waals surface area (Å²) in [6.45, 7) is 0. The molecule has 31 heavy (non-hydrogen) atoms. The van der Waals surface area contributed by atoms with Gasteiger partial charge in [0.1, 0.15) is 11.3 Å². The molecule has 0 aliphatic heterocycles. The zero-order valence-electron chi connectivity index (χ0n) is 15.2. The number of hydrogen-bond donors (Lipinski definition) is 1. The Kier molecular flexibility index (Phi) is 6.23. The van der Waals surface area contributed by atoms with Gasteiger partial charge in [0.15, 0.2) is 5.76 Å². The summed E-state index contributed by atoms with van der Waals surface area (Å²) in [4.78, 5) is 23.8. The van der Waals surface area contributed by atoms with E-state index in [0.717, 1.165) is 11.3 Å². The molecule has 0 bridgehead atoms. The summed E-state index contributed by atoms with van der Waals surface area (Å²) >= 11 is 25.5. The summed E-state index contributed by atoms with van der Waals surface area (Å²) in [5, 5.41) is 2.90. The topological polar surface area (TPSA) is 81.7 Å². The van der Waals surface area contributed by atoms with Crippen LogP contribution in [0.5, 0.6) is 5.75 Å². The highest BCUT2D eigenvalue weighted by Gasteiger charge is 2.37. The van der Waals surface area contributed by atoms with E-state index < -0.39 is 20.9 Å². The number of carbonyl (C=O) groups is 1. The number of carbonyl (C=O) groups excluding carboxylic acids is 1. The number of fused-ring (bicyclic) bond motifs is 1. The van der Waals surface area contributed by atoms with Crippen LogP contribution in [0, 0.1) is 0 Å². The molecular formula is C20H11Cl4NO5S. The van der Waals surface area contributed by atoms with Crippen LogP contribution >= 0.6 is 57.7 Å². The van der Waals surface area contributed by atoms with Crippen molar-refractivity contribution < 1.29 is 18.4 Å². The van der Waals surface area contributed by atoms with E-state index in [4.69, 9.17) is 60.0 Å². The molecule has 2 heterocycles. The highest BCUT2D eigenvalue weighted by molar-refractivity contribution is 7.16. The third kappa shape index (κ3) is 4.71. The fraction of sp³-hybridized carbons (Fsp3) is 0.100. The van der Waals surface area contributed by atoms with Crippen molar-refractivity contribution in [2.75, 3.05) is 0 Å². The van der Waals surface area contributed by atoms with Crippen molar-refractivity contribution in [1.29, 1.82) is 0 Å². The Morgan fingerprint density at radius 2 is 1.87 bits per heavy atom. The SMILES string of the molecule is O=C(N[C@H](Oc1ccc2oc(=O)sc2c1-c1ccccc1Cl)C(Cl)(Cl)Cl)c1ccco1. The first-order chi connectivity index (χ1) is 14.7. The predicted octanol–water partition coefficient (Wildman–Crippen LogP) is 6.27. The van der Waals surface area contributed by atoms with Gasteiger partial charge in [-0.25, -0.2) is 4.79 Å². The van der Waals surface area contributed by atoms with E-state index in [0.29, 0.717) is 26.4 Å². The molecule has 2 aromatic heterocycles. The summed E-state index contributed by atoms with van der Waals surface area (Å²) < 4.78 is 14.7. The molecule has 0 fully saturated rings. The second-order valence-electron chi connectivity index (χ2n) is 6.19. The molecule has 0 spiro atoms. The maximum absolute atomic E-state index is 12.4. The lowest BCUT2D eigenvalue weighted by molar-refractivity contribution is 0.0806. The van der Waals surface area contributed by atoms with Gasteiger partial charge in [-0.2, -0.15) is 0 Å². The van der Waals surface area contributed by atoms with E-state index in [1.165, 1.54) is 12.3 Å². The molecule has 2 aromatic carbocycles. The quantitative estimate of drug-likeness (QED) is 0.248. The van der Waals surface area contributed by atoms with E-state index >= 15 is 0 Å². The van der Waals surface area contributed by atoms with E-state index in [9.17, 15) is 9.59 Å². The number of amides is 1. The highest BCUT2D eigenvalue weighted by Crippen LogP contribution is 2.43. The van der Waals surface area contributed by atoms with Crippen LogP contribution in [0.2, 0.25) is 5.02 Å². The summed E-state index contributed by atoms with van der Waals surface area (Å²) in [5.41, 5.74) is 1.38. The van der Waals surface area contributed by atoms with Crippen molar-refractivity contribution in [2.45, 2.75) is 10.0 Å². The lowest BCUT2D eigenvalue weighted by atomic mass is 10.0. The predicted molar refractivity (Wildman–Crippen MR) is 122 cm³/mol. The molecule has 1 amide bonds. The highest BCUT2D eigenvalue weighted by atomic mass is 35.6. The molecule has 160 valence electrons. The van der Waals surface area contributed by atoms with Crippen LogP contribution in [-0.4, -0.2) is 15.9 Å². The fourth-order valence-corrected chi connectivity index (χ4v) is 4.19. The Hall–Kier alpha value is -2.16. The molecule has 4 rings (SSSR count). The van der Waals surface area contributed by atoms with Crippen LogP contribution < -0.4 is 15.0 Å². The Balaban J connectivity index is 1.80. The van der Waals surface area contributed by atoms with Gasteiger partial charge < -0.3 is 18.9 Å². The van der Waals surface area contributed by atoms with Crippen LogP contribution in [0.15, 0.2) is 68.4 Å². The average Bonchev–Trinajstić information content (AvgIpc) is 3.36. The van der Waals surface area contributed by atoms with Crippen LogP contribution in [-0.2, 0) is 0 Å². The molecule has 1 N–H and O–H groups in total. The second-order valence-corrected chi connectivity index (χ2v) is 9.91. The number of hydrogen-bond acceptors (Lipinski definition) is 6. The summed E-state index contributed by atoms with van der Waals surface area (Å²) in [5.74, 6) is -0.416. The molecule has 0 aliphatic carbocycles. The van der Waals surface area contributed by atoms with Gasteiger partial charge in [0.05, 0.1) is 11.0 Å². The summed E-state index contributed by atoms with van der Waals surface area (Å²) in [7, 11) is 0. The van der Waals surface area contributed by atoms with Gasteiger partial charge in [-0.1, -0.05) is 75.9 Å². The number of halogens is 4. The molecule has 0 saturated carbocycles. The molecular weight excluding hydrogens is 508 g/mol. The van der Waals surface area contributed by atoms with Crippen molar-refractivity contribution in [3.8, 4) is 16.9 Å². The summed E-state index contributed by atoms with van der Waals surface area (Å²) in [6.07, 6.45) is -0.0675. The van der Waals surface area contributed by atoms with Crippen LogP contribution in [0.3, 0.4) is 0 Å². The van der Waals surface area contributed by atoms with Crippen LogP contribution in [0.25, 0.3) is 21.4 Å². The number of furan rings is 1. The minimum Gasteiger partial charge on any atom is -0.465 e. The van der Waals surface area contributed by atoms with E-state index in [-0.39, 0.29) is 11.5 Å². The number of nitrogens with one attached hydrogen (secondary N) is 1. The van der Waals surface area contributed by atoms with Gasteiger partial charge >= 0.3 is 4.94 Å².